The predicted octanol–water partition coefficient (Wildman–Crippen LogP) is 2.52. The lowest BCUT2D eigenvalue weighted by Crippen LogP contribution is -2.40. The molecule has 1 aliphatic rings. The fourth-order valence-electron chi connectivity index (χ4n) is 3.32. The molecule has 0 spiro atoms. The van der Waals surface area contributed by atoms with E-state index in [0.717, 1.165) is 5.56 Å². The highest BCUT2D eigenvalue weighted by Gasteiger charge is 2.26. The smallest absolute Gasteiger partial charge is 0.244 e. The third kappa shape index (κ3) is 4.69. The number of pyridine rings is 1. The largest absolute Gasteiger partial charge is 0.379 e. The van der Waals surface area contributed by atoms with Gasteiger partial charge in [0.2, 0.25) is 10.0 Å². The second-order valence-corrected chi connectivity index (χ2v) is 9.16. The molecule has 8 nitrogen and oxygen atoms in total. The summed E-state index contributed by atoms with van der Waals surface area (Å²) in [5, 5.41) is 7.73. The molecule has 0 bridgehead atoms. The van der Waals surface area contributed by atoms with Crippen molar-refractivity contribution in [1.29, 1.82) is 0 Å². The molecular weight excluding hydrogens is 402 g/mol. The van der Waals surface area contributed by atoms with Gasteiger partial charge in [0, 0.05) is 31.0 Å². The van der Waals surface area contributed by atoms with Gasteiger partial charge in [-0.3, -0.25) is 4.68 Å². The van der Waals surface area contributed by atoms with E-state index >= 15 is 0 Å². The molecule has 1 aromatic carbocycles. The van der Waals surface area contributed by atoms with Gasteiger partial charge in [-0.15, -0.1) is 0 Å². The molecular formula is C21H25N5O3S. The van der Waals surface area contributed by atoms with Gasteiger partial charge in [-0.2, -0.15) is 9.40 Å². The van der Waals surface area contributed by atoms with Crippen LogP contribution < -0.4 is 5.32 Å². The Balaban J connectivity index is 1.40. The minimum absolute atomic E-state index is 0.0243. The van der Waals surface area contributed by atoms with Gasteiger partial charge in [-0.05, 0) is 24.6 Å². The number of hydrogen-bond donors (Lipinski definition) is 1. The third-order valence-electron chi connectivity index (χ3n) is 5.05. The normalized spacial score (nSPS) is 16.3. The first-order chi connectivity index (χ1) is 14.5. The molecule has 3 heterocycles. The van der Waals surface area contributed by atoms with Crippen LogP contribution in [0.4, 0.5) is 5.82 Å². The number of aromatic nitrogens is 3. The van der Waals surface area contributed by atoms with Gasteiger partial charge in [-0.1, -0.05) is 30.3 Å². The summed E-state index contributed by atoms with van der Waals surface area (Å²) in [5.74, 6) is 0.610. The first-order valence-corrected chi connectivity index (χ1v) is 11.3. The maximum atomic E-state index is 12.7. The average Bonchev–Trinajstić information content (AvgIpc) is 3.24. The van der Waals surface area contributed by atoms with E-state index in [1.807, 2.05) is 42.2 Å². The van der Waals surface area contributed by atoms with Crippen LogP contribution in [0.15, 0.2) is 66.0 Å². The number of nitrogens with one attached hydrogen (secondary N) is 1. The monoisotopic (exact) mass is 427 g/mol. The molecule has 3 aromatic rings. The van der Waals surface area contributed by atoms with Crippen LogP contribution in [0, 0.1) is 0 Å². The van der Waals surface area contributed by atoms with Crippen molar-refractivity contribution in [1.82, 2.24) is 19.1 Å². The van der Waals surface area contributed by atoms with Crippen LogP contribution in [-0.4, -0.2) is 53.8 Å². The molecule has 1 N–H and O–H groups in total. The number of morpholine rings is 1. The van der Waals surface area contributed by atoms with Crippen LogP contribution in [-0.2, 0) is 21.3 Å². The van der Waals surface area contributed by atoms with Crippen LogP contribution in [0.3, 0.4) is 0 Å². The van der Waals surface area contributed by atoms with Crippen molar-refractivity contribution < 1.29 is 13.2 Å². The summed E-state index contributed by atoms with van der Waals surface area (Å²) in [6, 6.07) is 13.4. The van der Waals surface area contributed by atoms with Crippen LogP contribution >= 0.6 is 0 Å². The first-order valence-electron chi connectivity index (χ1n) is 9.89. The number of hydrogen-bond acceptors (Lipinski definition) is 6. The second-order valence-electron chi connectivity index (χ2n) is 7.22. The molecule has 1 atom stereocenters. The Labute approximate surface area is 176 Å². The number of rotatable bonds is 7. The summed E-state index contributed by atoms with van der Waals surface area (Å²) in [5.41, 5.74) is 2.21. The number of anilines is 1. The van der Waals surface area contributed by atoms with Gasteiger partial charge in [0.1, 0.15) is 10.7 Å². The zero-order chi connectivity index (χ0) is 21.0. The molecule has 2 aromatic heterocycles. The van der Waals surface area contributed by atoms with Crippen LogP contribution in [0.5, 0.6) is 0 Å². The molecule has 1 aliphatic heterocycles. The summed E-state index contributed by atoms with van der Waals surface area (Å²) < 4.78 is 34.0. The quantitative estimate of drug-likeness (QED) is 0.623. The molecule has 1 fully saturated rings. The highest BCUT2D eigenvalue weighted by atomic mass is 32.2. The van der Waals surface area contributed by atoms with E-state index in [9.17, 15) is 8.42 Å². The number of ether oxygens (including phenoxy) is 1. The van der Waals surface area contributed by atoms with Crippen molar-refractivity contribution >= 4 is 15.8 Å². The Morgan fingerprint density at radius 3 is 2.57 bits per heavy atom. The highest BCUT2D eigenvalue weighted by molar-refractivity contribution is 7.89. The predicted molar refractivity (Wildman–Crippen MR) is 114 cm³/mol. The van der Waals surface area contributed by atoms with Crippen LogP contribution in [0.1, 0.15) is 24.1 Å². The van der Waals surface area contributed by atoms with Gasteiger partial charge in [0.05, 0.1) is 32.0 Å². The maximum Gasteiger partial charge on any atom is 0.244 e. The lowest BCUT2D eigenvalue weighted by molar-refractivity contribution is 0.0730. The summed E-state index contributed by atoms with van der Waals surface area (Å²) in [6.07, 6.45) is 5.23. The van der Waals surface area contributed by atoms with Crippen molar-refractivity contribution in [2.24, 2.45) is 0 Å². The topological polar surface area (TPSA) is 89.3 Å². The van der Waals surface area contributed by atoms with Crippen LogP contribution in [0.25, 0.3) is 0 Å². The number of sulfonamides is 1. The third-order valence-corrected chi connectivity index (χ3v) is 6.93. The van der Waals surface area contributed by atoms with Crippen molar-refractivity contribution in [3.8, 4) is 0 Å². The molecule has 0 saturated carbocycles. The van der Waals surface area contributed by atoms with Crippen molar-refractivity contribution in [3.05, 3.63) is 72.2 Å². The molecule has 0 amide bonds. The Hall–Kier alpha value is -2.75. The Morgan fingerprint density at radius 2 is 1.87 bits per heavy atom. The highest BCUT2D eigenvalue weighted by Crippen LogP contribution is 2.21. The molecule has 4 rings (SSSR count). The van der Waals surface area contributed by atoms with Gasteiger partial charge >= 0.3 is 0 Å². The van der Waals surface area contributed by atoms with E-state index in [2.05, 4.69) is 27.5 Å². The van der Waals surface area contributed by atoms with E-state index in [1.165, 1.54) is 16.1 Å². The van der Waals surface area contributed by atoms with Crippen LogP contribution in [0.2, 0.25) is 0 Å². The van der Waals surface area contributed by atoms with E-state index < -0.39 is 10.0 Å². The zero-order valence-electron chi connectivity index (χ0n) is 16.8. The Kier molecular flexibility index (Phi) is 6.12. The molecule has 1 saturated heterocycles. The standard InChI is InChI=1S/C21H25N5O3S/c1-17(19-13-23-25(16-19)15-18-5-3-2-4-6-18)24-21-8-7-20(14-22-21)30(27,28)26-9-11-29-12-10-26/h2-8,13-14,16-17H,9-12,15H2,1H3,(H,22,24). The Morgan fingerprint density at radius 1 is 1.10 bits per heavy atom. The van der Waals surface area contributed by atoms with Gasteiger partial charge in [0.15, 0.2) is 0 Å². The average molecular weight is 428 g/mol. The molecule has 0 radical (unpaired) electrons. The van der Waals surface area contributed by atoms with E-state index in [1.54, 1.807) is 12.1 Å². The molecule has 30 heavy (non-hydrogen) atoms. The van der Waals surface area contributed by atoms with E-state index in [-0.39, 0.29) is 10.9 Å². The molecule has 0 aliphatic carbocycles. The second kappa shape index (κ2) is 8.95. The summed E-state index contributed by atoms with van der Waals surface area (Å²) in [4.78, 5) is 4.50. The summed E-state index contributed by atoms with van der Waals surface area (Å²) >= 11 is 0. The fourth-order valence-corrected chi connectivity index (χ4v) is 4.67. The lowest BCUT2D eigenvalue weighted by atomic mass is 10.2. The lowest BCUT2D eigenvalue weighted by Gasteiger charge is -2.26. The molecule has 158 valence electrons. The number of benzene rings is 1. The van der Waals surface area contributed by atoms with E-state index in [0.29, 0.717) is 38.7 Å². The summed E-state index contributed by atoms with van der Waals surface area (Å²) in [6.45, 7) is 4.30. The van der Waals surface area contributed by atoms with Crippen molar-refractivity contribution in [2.45, 2.75) is 24.4 Å². The fraction of sp³-hybridized carbons (Fsp3) is 0.333. The van der Waals surface area contributed by atoms with Gasteiger partial charge in [0.25, 0.3) is 0 Å². The van der Waals surface area contributed by atoms with Crippen molar-refractivity contribution in [2.75, 3.05) is 31.6 Å². The van der Waals surface area contributed by atoms with E-state index in [4.69, 9.17) is 4.74 Å². The number of nitrogens with zero attached hydrogens (tertiary/aromatic N) is 4. The van der Waals surface area contributed by atoms with Gasteiger partial charge in [-0.25, -0.2) is 13.4 Å². The summed E-state index contributed by atoms with van der Waals surface area (Å²) in [7, 11) is -3.54. The minimum atomic E-state index is -3.54. The first kappa shape index (κ1) is 20.5. The zero-order valence-corrected chi connectivity index (χ0v) is 17.6. The molecule has 1 unspecified atom stereocenters. The van der Waals surface area contributed by atoms with Gasteiger partial charge < -0.3 is 10.1 Å². The molecule has 9 heteroatoms. The maximum absolute atomic E-state index is 12.7. The minimum Gasteiger partial charge on any atom is -0.379 e. The van der Waals surface area contributed by atoms with Crippen molar-refractivity contribution in [3.63, 3.8) is 0 Å². The Bertz CT molecular complexity index is 1060. The SMILES string of the molecule is CC(Nc1ccc(S(=O)(=O)N2CCOCC2)cn1)c1cnn(Cc2ccccc2)c1.